The van der Waals surface area contributed by atoms with Crippen LogP contribution in [0, 0.1) is 5.92 Å². The van der Waals surface area contributed by atoms with Crippen molar-refractivity contribution in [3.8, 4) is 0 Å². The summed E-state index contributed by atoms with van der Waals surface area (Å²) in [5.41, 5.74) is 0. The number of hydrogen-bond donors (Lipinski definition) is 0. The van der Waals surface area contributed by atoms with Gasteiger partial charge in [-0.2, -0.15) is 0 Å². The van der Waals surface area contributed by atoms with E-state index in [9.17, 15) is 7.87 Å². The van der Waals surface area contributed by atoms with E-state index in [2.05, 4.69) is 10.00 Å². The first kappa shape index (κ1) is 13.1. The molecule has 0 aliphatic heterocycles. The maximum atomic E-state index is 11.3. The van der Waals surface area contributed by atoms with Gasteiger partial charge in [0.15, 0.2) is 0 Å². The molecule has 0 spiro atoms. The molecule has 0 aromatic carbocycles. The second-order valence-corrected chi connectivity index (χ2v) is 4.19. The van der Waals surface area contributed by atoms with Crippen molar-refractivity contribution in [2.45, 2.75) is 46.0 Å². The summed E-state index contributed by atoms with van der Waals surface area (Å²) >= 11 is -2.06. The molecule has 0 amide bonds. The first-order valence-electron chi connectivity index (χ1n) is 4.84. The molecule has 0 bridgehead atoms. The predicted molar refractivity (Wildman–Crippen MR) is 50.5 cm³/mol. The van der Waals surface area contributed by atoms with Gasteiger partial charge in [0.25, 0.3) is 0 Å². The molecule has 13 heavy (non-hydrogen) atoms. The summed E-state index contributed by atoms with van der Waals surface area (Å²) in [5.74, 6) is -0.253. The van der Waals surface area contributed by atoms with E-state index in [1.165, 1.54) is 0 Å². The van der Waals surface area contributed by atoms with E-state index in [1.54, 1.807) is 0 Å². The Balaban J connectivity index is 3.90. The molecule has 75 valence electrons. The summed E-state index contributed by atoms with van der Waals surface area (Å²) in [6.45, 7) is 4.14. The van der Waals surface area contributed by atoms with Gasteiger partial charge in [-0.1, -0.05) is 0 Å². The van der Waals surface area contributed by atoms with Crippen LogP contribution in [0.4, 0.5) is 0 Å². The fraction of sp³-hybridized carbons (Fsp3) is 0.889. The van der Waals surface area contributed by atoms with Crippen LogP contribution in [0.3, 0.4) is 0 Å². The normalized spacial score (nSPS) is 12.2. The Hall–Kier alpha value is 0.0687. The van der Waals surface area contributed by atoms with Crippen molar-refractivity contribution in [3.05, 3.63) is 0 Å². The van der Waals surface area contributed by atoms with Crippen LogP contribution in [0.1, 0.15) is 46.0 Å². The van der Waals surface area contributed by atoms with Crippen LogP contribution in [-0.4, -0.2) is 27.5 Å². The van der Waals surface area contributed by atoms with E-state index in [1.807, 2.05) is 6.92 Å². The van der Waals surface area contributed by atoms with Gasteiger partial charge >= 0.3 is 90.3 Å². The van der Waals surface area contributed by atoms with Gasteiger partial charge in [-0.25, -0.2) is 0 Å². The second-order valence-electron chi connectivity index (χ2n) is 3.13. The fourth-order valence-electron chi connectivity index (χ4n) is 1.30. The summed E-state index contributed by atoms with van der Waals surface area (Å²) in [6.07, 6.45) is 4.85. The zero-order chi connectivity index (χ0) is 10.1. The van der Waals surface area contributed by atoms with E-state index in [-0.39, 0.29) is 11.9 Å². The molecule has 0 saturated heterocycles. The molecule has 0 aromatic heterocycles. The van der Waals surface area contributed by atoms with Crippen LogP contribution in [-0.2, 0) is 10.9 Å². The average Bonchev–Trinajstić information content (AvgIpc) is 2.12. The molecule has 0 saturated carbocycles. The summed E-state index contributed by atoms with van der Waals surface area (Å²) in [4.78, 5) is 11.3. The van der Waals surface area contributed by atoms with Crippen molar-refractivity contribution in [2.24, 2.45) is 5.92 Å². The van der Waals surface area contributed by atoms with Gasteiger partial charge in [-0.05, 0) is 0 Å². The predicted octanol–water partition coefficient (Wildman–Crippen LogP) is 2.10. The van der Waals surface area contributed by atoms with Crippen LogP contribution < -0.4 is 0 Å². The van der Waals surface area contributed by atoms with E-state index >= 15 is 0 Å². The summed E-state index contributed by atoms with van der Waals surface area (Å²) in [6, 6.07) is 0. The molecular weight excluding hydrogens is 275 g/mol. The Bertz CT molecular complexity index is 159. The molecule has 0 aliphatic rings. The van der Waals surface area contributed by atoms with E-state index in [0.717, 1.165) is 32.1 Å². The second kappa shape index (κ2) is 8.66. The molecule has 0 N–H and O–H groups in total. The SMILES string of the molecule is CCCCC(CCC)C(=O)[O][Sn]=[O]. The summed E-state index contributed by atoms with van der Waals surface area (Å²) in [5, 5.41) is 0. The molecule has 0 heterocycles. The zero-order valence-corrected chi connectivity index (χ0v) is 11.2. The quantitative estimate of drug-likeness (QED) is 0.675. The van der Waals surface area contributed by atoms with Crippen LogP contribution in [0.2, 0.25) is 0 Å². The molecule has 0 fully saturated rings. The van der Waals surface area contributed by atoms with Gasteiger partial charge in [-0.15, -0.1) is 0 Å². The number of carbonyl (C=O) groups is 1. The summed E-state index contributed by atoms with van der Waals surface area (Å²) < 4.78 is 14.9. The van der Waals surface area contributed by atoms with Crippen molar-refractivity contribution >= 4 is 27.5 Å². The van der Waals surface area contributed by atoms with Crippen molar-refractivity contribution in [1.29, 1.82) is 0 Å². The van der Waals surface area contributed by atoms with Crippen molar-refractivity contribution in [3.63, 3.8) is 0 Å². The van der Waals surface area contributed by atoms with Gasteiger partial charge < -0.3 is 0 Å². The molecule has 0 rings (SSSR count). The topological polar surface area (TPSA) is 43.4 Å². The number of unbranched alkanes of at least 4 members (excludes halogenated alkanes) is 1. The first-order valence-corrected chi connectivity index (χ1v) is 7.17. The van der Waals surface area contributed by atoms with Gasteiger partial charge in [0.1, 0.15) is 0 Å². The minimum absolute atomic E-state index is 0.0141. The molecule has 4 heteroatoms. The van der Waals surface area contributed by atoms with Crippen molar-refractivity contribution in [2.75, 3.05) is 0 Å². The molecule has 1 unspecified atom stereocenters. The summed E-state index contributed by atoms with van der Waals surface area (Å²) in [7, 11) is 0. The van der Waals surface area contributed by atoms with Gasteiger partial charge in [-0.3, -0.25) is 0 Å². The molecule has 1 radical (unpaired) electrons. The van der Waals surface area contributed by atoms with Crippen LogP contribution in [0.25, 0.3) is 0 Å². The Morgan fingerprint density at radius 2 is 2.00 bits per heavy atom. The molecule has 0 aliphatic carbocycles. The molecule has 3 nitrogen and oxygen atoms in total. The monoisotopic (exact) mass is 293 g/mol. The van der Waals surface area contributed by atoms with Gasteiger partial charge in [0.2, 0.25) is 0 Å². The third-order valence-electron chi connectivity index (χ3n) is 2.02. The van der Waals surface area contributed by atoms with E-state index in [0.29, 0.717) is 0 Å². The van der Waals surface area contributed by atoms with Crippen LogP contribution in [0.5, 0.6) is 0 Å². The Labute approximate surface area is 90.4 Å². The third kappa shape index (κ3) is 6.18. The standard InChI is InChI=1S/C9H18O2.O.Sn/c1-3-5-7-8(6-4-2)9(10)11;;/h8H,3-7H2,1-2H3,(H,10,11);;/q;;+1/p-1. The van der Waals surface area contributed by atoms with Crippen LogP contribution in [0.15, 0.2) is 0 Å². The van der Waals surface area contributed by atoms with E-state index < -0.39 is 21.5 Å². The fourth-order valence-corrected chi connectivity index (χ4v) is 2.01. The Morgan fingerprint density at radius 3 is 2.46 bits per heavy atom. The minimum atomic E-state index is -2.06. The average molecular weight is 292 g/mol. The van der Waals surface area contributed by atoms with E-state index in [4.69, 9.17) is 0 Å². The Morgan fingerprint density at radius 1 is 1.31 bits per heavy atom. The van der Waals surface area contributed by atoms with Crippen molar-refractivity contribution < 1.29 is 10.9 Å². The van der Waals surface area contributed by atoms with Gasteiger partial charge in [0.05, 0.1) is 0 Å². The van der Waals surface area contributed by atoms with Crippen molar-refractivity contribution in [1.82, 2.24) is 0 Å². The van der Waals surface area contributed by atoms with Crippen LogP contribution >= 0.6 is 0 Å². The first-order chi connectivity index (χ1) is 6.26. The third-order valence-corrected chi connectivity index (χ3v) is 2.83. The Kier molecular flexibility index (Phi) is 8.70. The molecule has 0 aromatic rings. The number of carbonyl (C=O) groups excluding carboxylic acids is 1. The van der Waals surface area contributed by atoms with Gasteiger partial charge in [0, 0.05) is 0 Å². The molecule has 1 atom stereocenters. The molecular formula is C9H17O3Sn. The zero-order valence-electron chi connectivity index (χ0n) is 8.34. The number of hydrogen-bond acceptors (Lipinski definition) is 3. The number of rotatable bonds is 7. The maximum absolute atomic E-state index is 11.3.